The fraction of sp³-hybridized carbons (Fsp3) is 0.200. The van der Waals surface area contributed by atoms with E-state index in [1.807, 2.05) is 30.3 Å². The summed E-state index contributed by atoms with van der Waals surface area (Å²) >= 11 is 0. The van der Waals surface area contributed by atoms with Crippen molar-refractivity contribution in [1.82, 2.24) is 5.32 Å². The highest BCUT2D eigenvalue weighted by atomic mass is 16.5. The summed E-state index contributed by atoms with van der Waals surface area (Å²) in [5.74, 6) is -0.894. The molecule has 2 N–H and O–H groups in total. The van der Waals surface area contributed by atoms with Gasteiger partial charge in [-0.2, -0.15) is 0 Å². The van der Waals surface area contributed by atoms with Crippen molar-refractivity contribution in [3.8, 4) is 5.75 Å². The Balaban J connectivity index is 2.47. The van der Waals surface area contributed by atoms with Crippen molar-refractivity contribution in [2.24, 2.45) is 0 Å². The van der Waals surface area contributed by atoms with Gasteiger partial charge >= 0.3 is 5.97 Å². The van der Waals surface area contributed by atoms with Crippen molar-refractivity contribution >= 4 is 17.6 Å². The number of carbonyl (C=O) groups excluding carboxylic acids is 1. The van der Waals surface area contributed by atoms with Gasteiger partial charge in [0.2, 0.25) is 5.91 Å². The SMILES string of the molecule is COc1ccccc1C(NC(C)=O)=C(CCc1ccccc1)C(=O)O. The summed E-state index contributed by atoms with van der Waals surface area (Å²) in [5, 5.41) is 12.4. The lowest BCUT2D eigenvalue weighted by Gasteiger charge is -2.16. The largest absolute Gasteiger partial charge is 0.496 e. The maximum absolute atomic E-state index is 11.9. The molecular weight excluding hydrogens is 318 g/mol. The van der Waals surface area contributed by atoms with Crippen LogP contribution in [0.4, 0.5) is 0 Å². The molecule has 0 bridgehead atoms. The van der Waals surface area contributed by atoms with E-state index in [-0.39, 0.29) is 23.6 Å². The fourth-order valence-electron chi connectivity index (χ4n) is 2.59. The number of aryl methyl sites for hydroxylation is 1. The number of hydrogen-bond acceptors (Lipinski definition) is 3. The number of hydrogen-bond donors (Lipinski definition) is 2. The average molecular weight is 339 g/mol. The lowest BCUT2D eigenvalue weighted by Crippen LogP contribution is -2.22. The Morgan fingerprint density at radius 1 is 1.04 bits per heavy atom. The molecule has 0 atom stereocenters. The summed E-state index contributed by atoms with van der Waals surface area (Å²) in [4.78, 5) is 23.5. The lowest BCUT2D eigenvalue weighted by atomic mass is 9.99. The van der Waals surface area contributed by atoms with E-state index >= 15 is 0 Å². The van der Waals surface area contributed by atoms with E-state index in [1.54, 1.807) is 24.3 Å². The molecule has 0 fully saturated rings. The molecule has 0 saturated carbocycles. The lowest BCUT2D eigenvalue weighted by molar-refractivity contribution is -0.132. The van der Waals surface area contributed by atoms with E-state index in [1.165, 1.54) is 14.0 Å². The highest BCUT2D eigenvalue weighted by Crippen LogP contribution is 2.28. The minimum Gasteiger partial charge on any atom is -0.496 e. The Kier molecular flexibility index (Phi) is 6.34. The van der Waals surface area contributed by atoms with E-state index in [2.05, 4.69) is 5.32 Å². The first-order chi connectivity index (χ1) is 12.0. The maximum Gasteiger partial charge on any atom is 0.333 e. The number of benzene rings is 2. The molecule has 0 aliphatic rings. The third kappa shape index (κ3) is 4.94. The van der Waals surface area contributed by atoms with Gasteiger partial charge < -0.3 is 15.2 Å². The van der Waals surface area contributed by atoms with Crippen LogP contribution in [0.1, 0.15) is 24.5 Å². The monoisotopic (exact) mass is 339 g/mol. The molecule has 0 aliphatic heterocycles. The molecule has 2 aromatic carbocycles. The van der Waals surface area contributed by atoms with Crippen LogP contribution in [0.25, 0.3) is 5.70 Å². The molecule has 25 heavy (non-hydrogen) atoms. The summed E-state index contributed by atoms with van der Waals surface area (Å²) < 4.78 is 5.32. The Bertz CT molecular complexity index is 781. The smallest absolute Gasteiger partial charge is 0.333 e. The van der Waals surface area contributed by atoms with Crippen molar-refractivity contribution in [3.05, 3.63) is 71.3 Å². The zero-order valence-corrected chi connectivity index (χ0v) is 14.3. The molecule has 0 aromatic heterocycles. The zero-order valence-electron chi connectivity index (χ0n) is 14.3. The van der Waals surface area contributed by atoms with Crippen molar-refractivity contribution < 1.29 is 19.4 Å². The molecule has 1 amide bonds. The summed E-state index contributed by atoms with van der Waals surface area (Å²) in [7, 11) is 1.51. The molecule has 0 radical (unpaired) electrons. The molecule has 0 saturated heterocycles. The minimum absolute atomic E-state index is 0.142. The number of rotatable bonds is 7. The number of nitrogens with one attached hydrogen (secondary N) is 1. The van der Waals surface area contributed by atoms with E-state index in [9.17, 15) is 14.7 Å². The highest BCUT2D eigenvalue weighted by Gasteiger charge is 2.20. The van der Waals surface area contributed by atoms with E-state index in [0.717, 1.165) is 5.56 Å². The highest BCUT2D eigenvalue weighted by molar-refractivity contribution is 6.00. The van der Waals surface area contributed by atoms with Crippen LogP contribution in [0, 0.1) is 0 Å². The summed E-state index contributed by atoms with van der Waals surface area (Å²) in [5.41, 5.74) is 1.99. The number of amides is 1. The number of carbonyl (C=O) groups is 2. The van der Waals surface area contributed by atoms with Gasteiger partial charge in [-0.3, -0.25) is 4.79 Å². The third-order valence-electron chi connectivity index (χ3n) is 3.74. The molecule has 5 nitrogen and oxygen atoms in total. The van der Waals surface area contributed by atoms with Gasteiger partial charge in [0.05, 0.1) is 18.4 Å². The normalized spacial score (nSPS) is 11.4. The van der Waals surface area contributed by atoms with Crippen LogP contribution in [0.3, 0.4) is 0 Å². The molecule has 2 aromatic rings. The van der Waals surface area contributed by atoms with Gasteiger partial charge in [-0.25, -0.2) is 4.79 Å². The molecule has 0 heterocycles. The van der Waals surface area contributed by atoms with Crippen LogP contribution in [-0.2, 0) is 16.0 Å². The molecule has 0 aliphatic carbocycles. The number of carboxylic acids is 1. The van der Waals surface area contributed by atoms with Gasteiger partial charge in [-0.15, -0.1) is 0 Å². The van der Waals surface area contributed by atoms with Crippen LogP contribution in [0.5, 0.6) is 5.75 Å². The van der Waals surface area contributed by atoms with E-state index in [0.29, 0.717) is 17.7 Å². The van der Waals surface area contributed by atoms with Gasteiger partial charge in [0.25, 0.3) is 0 Å². The standard InChI is InChI=1S/C20H21NO4/c1-14(22)21-19(16-10-6-7-11-18(16)25-2)17(20(23)24)13-12-15-8-4-3-5-9-15/h3-11H,12-13H2,1-2H3,(H,21,22)(H,23,24). The van der Waals surface area contributed by atoms with Crippen molar-refractivity contribution in [2.75, 3.05) is 7.11 Å². The van der Waals surface area contributed by atoms with Crippen molar-refractivity contribution in [1.29, 1.82) is 0 Å². The fourth-order valence-corrected chi connectivity index (χ4v) is 2.59. The number of aliphatic carboxylic acids is 1. The second kappa shape index (κ2) is 8.68. The maximum atomic E-state index is 11.9. The summed E-state index contributed by atoms with van der Waals surface area (Å²) in [6.07, 6.45) is 0.841. The molecule has 130 valence electrons. The quantitative estimate of drug-likeness (QED) is 0.759. The van der Waals surface area contributed by atoms with Gasteiger partial charge in [0, 0.05) is 12.5 Å². The first kappa shape index (κ1) is 18.3. The topological polar surface area (TPSA) is 75.6 Å². The Hall–Kier alpha value is -3.08. The number of carboxylic acid groups (broad SMARTS) is 1. The van der Waals surface area contributed by atoms with E-state index in [4.69, 9.17) is 4.74 Å². The number of para-hydroxylation sites is 1. The summed E-state index contributed by atoms with van der Waals surface area (Å²) in [6.45, 7) is 1.35. The van der Waals surface area contributed by atoms with Crippen LogP contribution in [-0.4, -0.2) is 24.1 Å². The molecule has 5 heteroatoms. The van der Waals surface area contributed by atoms with E-state index < -0.39 is 5.97 Å². The average Bonchev–Trinajstić information content (AvgIpc) is 2.61. The summed E-state index contributed by atoms with van der Waals surface area (Å²) in [6, 6.07) is 16.6. The predicted octanol–water partition coefficient (Wildman–Crippen LogP) is 3.26. The number of methoxy groups -OCH3 is 1. The Morgan fingerprint density at radius 2 is 1.68 bits per heavy atom. The van der Waals surface area contributed by atoms with Gasteiger partial charge in [-0.05, 0) is 30.5 Å². The zero-order chi connectivity index (χ0) is 18.2. The van der Waals surface area contributed by atoms with Crippen molar-refractivity contribution in [2.45, 2.75) is 19.8 Å². The van der Waals surface area contributed by atoms with Crippen molar-refractivity contribution in [3.63, 3.8) is 0 Å². The Labute approximate surface area is 146 Å². The first-order valence-corrected chi connectivity index (χ1v) is 7.94. The van der Waals surface area contributed by atoms with Crippen LogP contribution >= 0.6 is 0 Å². The molecular formula is C20H21NO4. The molecule has 2 rings (SSSR count). The predicted molar refractivity (Wildman–Crippen MR) is 96.1 cm³/mol. The van der Waals surface area contributed by atoms with Crippen LogP contribution in [0.2, 0.25) is 0 Å². The minimum atomic E-state index is -1.06. The second-order valence-corrected chi connectivity index (χ2v) is 5.53. The third-order valence-corrected chi connectivity index (χ3v) is 3.74. The molecule has 0 unspecified atom stereocenters. The van der Waals surface area contributed by atoms with Gasteiger partial charge in [0.15, 0.2) is 0 Å². The first-order valence-electron chi connectivity index (χ1n) is 7.94. The second-order valence-electron chi connectivity index (χ2n) is 5.53. The number of ether oxygens (including phenoxy) is 1. The van der Waals surface area contributed by atoms with Gasteiger partial charge in [0.1, 0.15) is 5.75 Å². The van der Waals surface area contributed by atoms with Gasteiger partial charge in [-0.1, -0.05) is 42.5 Å². The van der Waals surface area contributed by atoms with Crippen LogP contribution in [0.15, 0.2) is 60.2 Å². The Morgan fingerprint density at radius 3 is 2.28 bits per heavy atom. The van der Waals surface area contributed by atoms with Crippen LogP contribution < -0.4 is 10.1 Å². The molecule has 0 spiro atoms.